The zero-order chi connectivity index (χ0) is 23.5. The van der Waals surface area contributed by atoms with E-state index in [1.807, 2.05) is 54.6 Å². The second kappa shape index (κ2) is 12.9. The van der Waals surface area contributed by atoms with Crippen LogP contribution in [0, 0.1) is 6.92 Å². The maximum absolute atomic E-state index is 11.7. The molecule has 4 nitrogen and oxygen atoms in total. The molecule has 1 heterocycles. The average Bonchev–Trinajstić information content (AvgIpc) is 3.19. The van der Waals surface area contributed by atoms with Gasteiger partial charge in [-0.15, -0.1) is 0 Å². The summed E-state index contributed by atoms with van der Waals surface area (Å²) in [4.78, 5) is 11.7. The Morgan fingerprint density at radius 3 is 2.21 bits per heavy atom. The minimum atomic E-state index is -0.956. The van der Waals surface area contributed by atoms with Gasteiger partial charge in [0.1, 0.15) is 5.75 Å². The minimum Gasteiger partial charge on any atom is -0.478 e. The van der Waals surface area contributed by atoms with Gasteiger partial charge in [-0.2, -0.15) is 0 Å². The van der Waals surface area contributed by atoms with Crippen LogP contribution >= 0.6 is 0 Å². The van der Waals surface area contributed by atoms with Gasteiger partial charge in [0.2, 0.25) is 0 Å². The molecule has 0 amide bonds. The summed E-state index contributed by atoms with van der Waals surface area (Å²) in [5.41, 5.74) is 4.53. The molecule has 0 fully saturated rings. The highest BCUT2D eigenvalue weighted by molar-refractivity contribution is 5.73. The molecule has 1 aromatic heterocycles. The monoisotopic (exact) mass is 447 g/mol. The largest absolute Gasteiger partial charge is 0.478 e. The van der Waals surface area contributed by atoms with Gasteiger partial charge in [0.15, 0.2) is 6.10 Å². The third-order valence-corrected chi connectivity index (χ3v) is 6.15. The van der Waals surface area contributed by atoms with Crippen molar-refractivity contribution in [3.8, 4) is 17.0 Å². The first-order chi connectivity index (χ1) is 16.1. The lowest BCUT2D eigenvalue weighted by Gasteiger charge is -2.16. The van der Waals surface area contributed by atoms with Crippen LogP contribution in [0.5, 0.6) is 5.75 Å². The summed E-state index contributed by atoms with van der Waals surface area (Å²) in [6.45, 7) is 5.44. The van der Waals surface area contributed by atoms with Crippen LogP contribution in [0.3, 0.4) is 0 Å². The van der Waals surface area contributed by atoms with E-state index in [0.29, 0.717) is 12.2 Å². The summed E-state index contributed by atoms with van der Waals surface area (Å²) in [5, 5.41) is 9.60. The predicted octanol–water partition coefficient (Wildman–Crippen LogP) is 7.29. The maximum Gasteiger partial charge on any atom is 0.345 e. The van der Waals surface area contributed by atoms with Crippen LogP contribution in [0.1, 0.15) is 63.1 Å². The molecule has 0 bridgehead atoms. The summed E-state index contributed by atoms with van der Waals surface area (Å²) in [5.74, 6) is -0.383. The number of aromatic nitrogens is 1. The van der Waals surface area contributed by atoms with E-state index in [1.54, 1.807) is 0 Å². The quantitative estimate of drug-likeness (QED) is 0.264. The minimum absolute atomic E-state index is 0.332. The van der Waals surface area contributed by atoms with Crippen LogP contribution in [-0.4, -0.2) is 21.7 Å². The van der Waals surface area contributed by atoms with Crippen molar-refractivity contribution in [3.63, 3.8) is 0 Å². The van der Waals surface area contributed by atoms with Gasteiger partial charge in [-0.3, -0.25) is 0 Å². The molecule has 0 spiro atoms. The number of ether oxygens (including phenoxy) is 1. The molecule has 0 unspecified atom stereocenters. The number of aryl methyl sites for hydroxylation is 1. The molecule has 4 heteroatoms. The molecule has 0 saturated heterocycles. The number of hydrogen-bond donors (Lipinski definition) is 1. The van der Waals surface area contributed by atoms with Crippen molar-refractivity contribution in [1.29, 1.82) is 0 Å². The molecule has 33 heavy (non-hydrogen) atoms. The topological polar surface area (TPSA) is 51.5 Å². The number of benzene rings is 2. The molecule has 2 aromatic carbocycles. The number of aliphatic carboxylic acids is 1. The van der Waals surface area contributed by atoms with E-state index in [-0.39, 0.29) is 0 Å². The Morgan fingerprint density at radius 1 is 0.879 bits per heavy atom. The van der Waals surface area contributed by atoms with E-state index < -0.39 is 12.1 Å². The average molecular weight is 448 g/mol. The molecule has 3 rings (SSSR count). The lowest BCUT2D eigenvalue weighted by Crippen LogP contribution is -2.29. The Balaban J connectivity index is 1.60. The molecular formula is C29H37NO3. The Kier molecular flexibility index (Phi) is 9.61. The molecule has 0 saturated carbocycles. The highest BCUT2D eigenvalue weighted by atomic mass is 16.5. The highest BCUT2D eigenvalue weighted by Gasteiger charge is 2.20. The lowest BCUT2D eigenvalue weighted by atomic mass is 10.1. The van der Waals surface area contributed by atoms with Crippen molar-refractivity contribution in [2.45, 2.75) is 77.9 Å². The van der Waals surface area contributed by atoms with Gasteiger partial charge in [-0.05, 0) is 60.9 Å². The van der Waals surface area contributed by atoms with E-state index >= 15 is 0 Å². The van der Waals surface area contributed by atoms with Gasteiger partial charge in [0, 0.05) is 24.4 Å². The molecule has 1 N–H and O–H groups in total. The fourth-order valence-electron chi connectivity index (χ4n) is 4.22. The number of rotatable bonds is 14. The molecule has 0 radical (unpaired) electrons. The fourth-order valence-corrected chi connectivity index (χ4v) is 4.22. The summed E-state index contributed by atoms with van der Waals surface area (Å²) in [6.07, 6.45) is 8.53. The Morgan fingerprint density at radius 2 is 1.55 bits per heavy atom. The lowest BCUT2D eigenvalue weighted by molar-refractivity contribution is -0.145. The normalized spacial score (nSPS) is 11.9. The van der Waals surface area contributed by atoms with Gasteiger partial charge in [0.05, 0.1) is 0 Å². The van der Waals surface area contributed by atoms with E-state index in [9.17, 15) is 9.90 Å². The Labute approximate surface area is 198 Å². The van der Waals surface area contributed by atoms with Crippen LogP contribution in [-0.2, 0) is 17.8 Å². The second-order valence-electron chi connectivity index (χ2n) is 8.79. The molecule has 3 aromatic rings. The molecule has 0 aliphatic rings. The molecule has 1 atom stereocenters. The van der Waals surface area contributed by atoms with Gasteiger partial charge < -0.3 is 14.4 Å². The van der Waals surface area contributed by atoms with Crippen LogP contribution < -0.4 is 4.74 Å². The van der Waals surface area contributed by atoms with Crippen LogP contribution in [0.25, 0.3) is 11.3 Å². The van der Waals surface area contributed by atoms with E-state index in [1.165, 1.54) is 56.3 Å². The molecule has 0 aliphatic carbocycles. The van der Waals surface area contributed by atoms with Crippen LogP contribution in [0.15, 0.2) is 66.7 Å². The number of nitrogens with zero attached hydrogens (tertiary/aromatic N) is 1. The summed E-state index contributed by atoms with van der Waals surface area (Å²) in [6, 6.07) is 21.7. The number of hydrogen-bond acceptors (Lipinski definition) is 2. The van der Waals surface area contributed by atoms with Crippen molar-refractivity contribution in [2.75, 3.05) is 0 Å². The van der Waals surface area contributed by atoms with Crippen LogP contribution in [0.4, 0.5) is 0 Å². The number of carbonyl (C=O) groups is 1. The molecule has 176 valence electrons. The zero-order valence-corrected chi connectivity index (χ0v) is 20.0. The Hall–Kier alpha value is -3.01. The third kappa shape index (κ3) is 7.52. The highest BCUT2D eigenvalue weighted by Crippen LogP contribution is 2.26. The second-order valence-corrected chi connectivity index (χ2v) is 8.79. The number of carboxylic acid groups (broad SMARTS) is 1. The zero-order valence-electron chi connectivity index (χ0n) is 20.0. The SMILES string of the molecule is CCCCCCCCCn1c(C)ccc1-c1ccc(O[C@H](Cc2ccccc2)C(=O)O)cc1. The Bertz CT molecular complexity index is 976. The number of unbranched alkanes of at least 4 members (excludes halogenated alkanes) is 6. The first-order valence-corrected chi connectivity index (χ1v) is 12.3. The summed E-state index contributed by atoms with van der Waals surface area (Å²) in [7, 11) is 0. The smallest absolute Gasteiger partial charge is 0.345 e. The fraction of sp³-hybridized carbons (Fsp3) is 0.414. The first kappa shape index (κ1) is 24.6. The van der Waals surface area contributed by atoms with Crippen molar-refractivity contribution in [2.24, 2.45) is 0 Å². The van der Waals surface area contributed by atoms with Gasteiger partial charge in [-0.1, -0.05) is 75.8 Å². The van der Waals surface area contributed by atoms with Gasteiger partial charge >= 0.3 is 5.97 Å². The third-order valence-electron chi connectivity index (χ3n) is 6.15. The summed E-state index contributed by atoms with van der Waals surface area (Å²) < 4.78 is 8.21. The van der Waals surface area contributed by atoms with Crippen molar-refractivity contribution in [3.05, 3.63) is 78.0 Å². The van der Waals surface area contributed by atoms with Crippen LogP contribution in [0.2, 0.25) is 0 Å². The molecule has 0 aliphatic heterocycles. The van der Waals surface area contributed by atoms with Gasteiger partial charge in [0.25, 0.3) is 0 Å². The van der Waals surface area contributed by atoms with Gasteiger partial charge in [-0.25, -0.2) is 4.79 Å². The summed E-state index contributed by atoms with van der Waals surface area (Å²) >= 11 is 0. The predicted molar refractivity (Wildman–Crippen MR) is 135 cm³/mol. The standard InChI is InChI=1S/C29H37NO3/c1-3-4-5-6-7-8-12-21-30-23(2)15-20-27(30)25-16-18-26(19-17-25)33-28(29(31)32)22-24-13-10-9-11-14-24/h9-11,13-20,28H,3-8,12,21-22H2,1-2H3,(H,31,32)/t28-/m1/s1. The van der Waals surface area contributed by atoms with Crippen molar-refractivity contribution >= 4 is 5.97 Å². The number of carboxylic acids is 1. The molecular weight excluding hydrogens is 410 g/mol. The van der Waals surface area contributed by atoms with E-state index in [4.69, 9.17) is 4.74 Å². The van der Waals surface area contributed by atoms with Crippen molar-refractivity contribution < 1.29 is 14.6 Å². The first-order valence-electron chi connectivity index (χ1n) is 12.3. The maximum atomic E-state index is 11.7. The van der Waals surface area contributed by atoms with Crippen molar-refractivity contribution in [1.82, 2.24) is 4.57 Å². The van der Waals surface area contributed by atoms with E-state index in [0.717, 1.165) is 17.7 Å². The van der Waals surface area contributed by atoms with E-state index in [2.05, 4.69) is 30.5 Å².